The number of imide groups is 1. The number of hydrogen-bond acceptors (Lipinski definition) is 15. The van der Waals surface area contributed by atoms with Crippen molar-refractivity contribution in [2.45, 2.75) is 93.9 Å². The molecule has 125 heavy (non-hydrogen) atoms. The Labute approximate surface area is 743 Å². The van der Waals surface area contributed by atoms with Gasteiger partial charge in [-0.25, -0.2) is 0 Å². The number of carbonyl (C=O) groups is 5. The van der Waals surface area contributed by atoms with Crippen molar-refractivity contribution >= 4 is 87.1 Å². The fourth-order valence-electron chi connectivity index (χ4n) is 13.7. The van der Waals surface area contributed by atoms with Gasteiger partial charge in [0.15, 0.2) is 0 Å². The summed E-state index contributed by atoms with van der Waals surface area (Å²) in [4.78, 5) is 78.0. The Balaban J connectivity index is 0.000000177. The summed E-state index contributed by atoms with van der Waals surface area (Å²) in [5.74, 6) is 1.55. The molecule has 5 amide bonds. The van der Waals surface area contributed by atoms with Crippen molar-refractivity contribution in [1.29, 1.82) is 0 Å². The van der Waals surface area contributed by atoms with Gasteiger partial charge in [-0.05, 0) is 271 Å². The number of amides is 5. The van der Waals surface area contributed by atoms with Gasteiger partial charge in [-0.15, -0.1) is 0 Å². The van der Waals surface area contributed by atoms with E-state index in [1.165, 1.54) is 57.9 Å². The number of ether oxygens (including phenoxy) is 5. The molecule has 664 valence electrons. The largest absolute Gasteiger partial charge is 0.493 e. The fraction of sp³-hybridized carbons (Fsp3) is 0.330. The Hall–Kier alpha value is -11.2. The second-order valence-corrected chi connectivity index (χ2v) is 32.7. The molecule has 0 aromatic heterocycles. The van der Waals surface area contributed by atoms with E-state index >= 15 is 0 Å². The zero-order valence-electron chi connectivity index (χ0n) is 73.6. The SMILES string of the molecule is CCOc1cccc2c1C(=O)N(c1ccc(C)c(C(F)(F)F)c1)C2.Cc1cc(CN2C(=O)c3cccc(OCCN(C)C)c3C2=O)ccc1Cl.Cc1cc(N(C)C(=O)c2c(C)cccc2OCCN(C)C)ccc1Cl.Cc1cc(NCc2c(C)cccc2OCCN(C)C)ccc1Cl.Cc1ccc(N2Cc3cccc(OCCN(C)C)c3C2=O)cc1C(F)(F)F. The summed E-state index contributed by atoms with van der Waals surface area (Å²) in [5, 5.41) is 5.60. The molecule has 19 nitrogen and oxygen atoms in total. The average molecular weight is 1780 g/mol. The standard InChI is InChI=1S/C20H21ClN2O3.C20H25ClN2O2.C20H21F3N2O2.C19H25ClN2O.C18H16F3NO2/c1-13-11-14(7-8-16(13)21)12-23-19(24)15-5-4-6-17(18(15)20(23)25)26-10-9-22(2)3;1-14-7-6-8-18(25-12-11-22(3)4)19(14)20(24)23(5)16-9-10-17(21)15(2)13-16;1-13-7-8-15(11-16(13)20(21,22)23)25-12-14-5-4-6-17(18(14)19(25)26)27-10-9-24(2)3;1-14-6-5-7-19(23-11-10-22(3)4)17(14)13-21-16-8-9-18(20)15(2)12-16;1-3-24-15-6-4-5-12-10-22(17(23)16(12)15)13-8-7-11(2)14(9-13)18(19,20)21/h4-8,11H,9-10,12H2,1-3H3;6-10,13H,11-12H2,1-5H3;4-8,11H,9-10,12H2,1-3H3;5-9,12,21H,10-11,13H2,1-4H3;4-9H,3,10H2,1-2H3. The predicted octanol–water partition coefficient (Wildman–Crippen LogP) is 20.8. The molecule has 0 saturated carbocycles. The molecule has 0 aliphatic carbocycles. The molecule has 1 N–H and O–H groups in total. The number of fused-ring (bicyclic) bond motifs is 3. The first-order chi connectivity index (χ1) is 59.2. The first-order valence-electron chi connectivity index (χ1n) is 40.6. The number of rotatable bonds is 27. The van der Waals surface area contributed by atoms with Gasteiger partial charge in [0.2, 0.25) is 0 Å². The van der Waals surface area contributed by atoms with Gasteiger partial charge in [0, 0.05) is 83.2 Å². The smallest absolute Gasteiger partial charge is 0.416 e. The Morgan fingerprint density at radius 2 is 0.832 bits per heavy atom. The third kappa shape index (κ3) is 25.8. The highest BCUT2D eigenvalue weighted by Crippen LogP contribution is 2.42. The van der Waals surface area contributed by atoms with Crippen molar-refractivity contribution in [3.8, 4) is 28.7 Å². The van der Waals surface area contributed by atoms with Crippen molar-refractivity contribution in [1.82, 2.24) is 24.5 Å². The molecule has 0 fully saturated rings. The molecule has 0 saturated heterocycles. The second-order valence-electron chi connectivity index (χ2n) is 31.5. The van der Waals surface area contributed by atoms with E-state index in [9.17, 15) is 50.3 Å². The van der Waals surface area contributed by atoms with E-state index in [1.807, 2.05) is 178 Å². The minimum atomic E-state index is -4.46. The van der Waals surface area contributed by atoms with Crippen LogP contribution < -0.4 is 43.7 Å². The number of nitrogens with one attached hydrogen (secondary N) is 1. The van der Waals surface area contributed by atoms with Crippen molar-refractivity contribution < 1.29 is 74.0 Å². The van der Waals surface area contributed by atoms with Gasteiger partial charge >= 0.3 is 12.4 Å². The van der Waals surface area contributed by atoms with Crippen LogP contribution in [0.4, 0.5) is 49.1 Å². The molecule has 3 aliphatic heterocycles. The lowest BCUT2D eigenvalue weighted by molar-refractivity contribution is -0.138. The number of benzene rings is 10. The monoisotopic (exact) mass is 1780 g/mol. The number of anilines is 4. The molecule has 0 bridgehead atoms. The third-order valence-corrected chi connectivity index (χ3v) is 22.0. The minimum absolute atomic E-state index is 0.0975. The third-order valence-electron chi connectivity index (χ3n) is 20.8. The van der Waals surface area contributed by atoms with Gasteiger partial charge < -0.3 is 63.3 Å². The van der Waals surface area contributed by atoms with Gasteiger partial charge in [-0.1, -0.05) is 114 Å². The number of nitrogens with zero attached hydrogens (tertiary/aromatic N) is 8. The van der Waals surface area contributed by atoms with Crippen LogP contribution in [0.5, 0.6) is 28.7 Å². The molecule has 13 rings (SSSR count). The highest BCUT2D eigenvalue weighted by molar-refractivity contribution is 6.32. The maximum atomic E-state index is 13.2. The number of halogens is 9. The van der Waals surface area contributed by atoms with Crippen LogP contribution in [0, 0.1) is 48.5 Å². The summed E-state index contributed by atoms with van der Waals surface area (Å²) in [6.07, 6.45) is -8.91. The first kappa shape index (κ1) is 97.6. The fourth-order valence-corrected chi connectivity index (χ4v) is 14.0. The lowest BCUT2D eigenvalue weighted by Gasteiger charge is -2.21. The zero-order chi connectivity index (χ0) is 91.5. The Kier molecular flexibility index (Phi) is 34.5. The van der Waals surface area contributed by atoms with E-state index in [2.05, 4.69) is 29.3 Å². The summed E-state index contributed by atoms with van der Waals surface area (Å²) in [7, 11) is 17.6. The lowest BCUT2D eigenvalue weighted by Crippen LogP contribution is -2.29. The van der Waals surface area contributed by atoms with Crippen LogP contribution in [0.3, 0.4) is 0 Å². The molecule has 0 spiro atoms. The predicted molar refractivity (Wildman–Crippen MR) is 485 cm³/mol. The van der Waals surface area contributed by atoms with Gasteiger partial charge in [0.05, 0.1) is 65.2 Å². The molecule has 28 heteroatoms. The van der Waals surface area contributed by atoms with Crippen LogP contribution >= 0.6 is 34.8 Å². The van der Waals surface area contributed by atoms with Gasteiger partial charge in [-0.3, -0.25) is 28.9 Å². The number of alkyl halides is 6. The summed E-state index contributed by atoms with van der Waals surface area (Å²) in [6.45, 7) is 21.5. The van der Waals surface area contributed by atoms with Crippen molar-refractivity contribution in [3.05, 3.63) is 297 Å². The first-order valence-corrected chi connectivity index (χ1v) is 41.7. The summed E-state index contributed by atoms with van der Waals surface area (Å²) in [5.41, 5.74) is 11.9. The second kappa shape index (κ2) is 44.1. The maximum absolute atomic E-state index is 13.2. The van der Waals surface area contributed by atoms with Crippen molar-refractivity contribution in [2.24, 2.45) is 0 Å². The number of hydrogen-bond donors (Lipinski definition) is 1. The molecule has 0 atom stereocenters. The van der Waals surface area contributed by atoms with Crippen LogP contribution in [0.25, 0.3) is 0 Å². The minimum Gasteiger partial charge on any atom is -0.493 e. The van der Waals surface area contributed by atoms with Gasteiger partial charge in [-0.2, -0.15) is 26.3 Å². The quantitative estimate of drug-likeness (QED) is 0.0381. The molecular weight excluding hydrogens is 1670 g/mol. The highest BCUT2D eigenvalue weighted by atomic mass is 35.5. The van der Waals surface area contributed by atoms with Crippen molar-refractivity contribution in [2.75, 3.05) is 143 Å². The van der Waals surface area contributed by atoms with Gasteiger partial charge in [0.1, 0.15) is 55.2 Å². The molecular formula is C97H108Cl3F6N9O10. The Morgan fingerprint density at radius 3 is 1.30 bits per heavy atom. The molecule has 0 unspecified atom stereocenters. The number of carbonyl (C=O) groups excluding carboxylic acids is 5. The summed E-state index contributed by atoms with van der Waals surface area (Å²) >= 11 is 18.2. The number of aryl methyl sites for hydroxylation is 7. The van der Waals surface area contributed by atoms with Crippen LogP contribution in [-0.4, -0.2) is 177 Å². The van der Waals surface area contributed by atoms with Gasteiger partial charge in [0.25, 0.3) is 29.5 Å². The van der Waals surface area contributed by atoms with Crippen LogP contribution in [0.2, 0.25) is 15.1 Å². The Morgan fingerprint density at radius 1 is 0.416 bits per heavy atom. The molecule has 10 aromatic carbocycles. The summed E-state index contributed by atoms with van der Waals surface area (Å²) in [6, 6.07) is 52.5. The van der Waals surface area contributed by atoms with E-state index < -0.39 is 23.5 Å². The lowest BCUT2D eigenvalue weighted by atomic mass is 10.1. The van der Waals surface area contributed by atoms with Crippen molar-refractivity contribution in [3.63, 3.8) is 0 Å². The van der Waals surface area contributed by atoms with E-state index in [1.54, 1.807) is 78.7 Å². The van der Waals surface area contributed by atoms with E-state index in [-0.39, 0.29) is 71.7 Å². The van der Waals surface area contributed by atoms with E-state index in [0.717, 1.165) is 99.4 Å². The maximum Gasteiger partial charge on any atom is 0.416 e. The molecule has 10 aromatic rings. The number of likely N-dealkylation sites (N-methyl/N-ethyl adjacent to an activating group) is 4. The Bertz CT molecular complexity index is 5490. The normalized spacial score (nSPS) is 12.7. The van der Waals surface area contributed by atoms with Crippen LogP contribution in [-0.2, 0) is 38.5 Å². The topological polar surface area (TPSA) is 169 Å². The highest BCUT2D eigenvalue weighted by Gasteiger charge is 2.41. The average Bonchev–Trinajstić information content (AvgIpc) is 1.64. The molecule has 3 heterocycles. The van der Waals surface area contributed by atoms with Crippen LogP contribution in [0.1, 0.15) is 131 Å². The zero-order valence-corrected chi connectivity index (χ0v) is 75.8. The van der Waals surface area contributed by atoms with E-state index in [4.69, 9.17) is 58.5 Å². The van der Waals surface area contributed by atoms with Crippen LogP contribution in [0.15, 0.2) is 182 Å². The molecule has 0 radical (unpaired) electrons. The summed E-state index contributed by atoms with van der Waals surface area (Å²) < 4.78 is 108. The van der Waals surface area contributed by atoms with E-state index in [0.29, 0.717) is 100 Å². The molecule has 3 aliphatic rings.